The number of epoxide rings is 1. The number of halogens is 1. The van der Waals surface area contributed by atoms with Gasteiger partial charge in [-0.15, -0.1) is 0 Å². The molecule has 2 aliphatic rings. The molecular weight excluding hydrogens is 196 g/mol. The SMILES string of the molecule is Clc1ccc(C2([C@H]3CO3)CCC2)cc1. The minimum atomic E-state index is 0.338. The van der Waals surface area contributed by atoms with E-state index in [1.54, 1.807) is 0 Å². The Morgan fingerprint density at radius 3 is 2.29 bits per heavy atom. The van der Waals surface area contributed by atoms with Crippen molar-refractivity contribution < 1.29 is 4.74 Å². The zero-order chi connectivity index (χ0) is 9.60. The van der Waals surface area contributed by atoms with Crippen LogP contribution in [-0.2, 0) is 10.2 Å². The van der Waals surface area contributed by atoms with Gasteiger partial charge in [0.15, 0.2) is 0 Å². The molecule has 1 atom stereocenters. The highest BCUT2D eigenvalue weighted by molar-refractivity contribution is 6.30. The molecule has 0 amide bonds. The quantitative estimate of drug-likeness (QED) is 0.681. The van der Waals surface area contributed by atoms with Crippen LogP contribution in [0.1, 0.15) is 24.8 Å². The van der Waals surface area contributed by atoms with Crippen molar-refractivity contribution in [3.05, 3.63) is 34.9 Å². The van der Waals surface area contributed by atoms with E-state index in [1.165, 1.54) is 24.8 Å². The van der Waals surface area contributed by atoms with Crippen molar-refractivity contribution in [2.24, 2.45) is 0 Å². The number of ether oxygens (including phenoxy) is 1. The Morgan fingerprint density at radius 2 is 1.86 bits per heavy atom. The third-order valence-electron chi connectivity index (χ3n) is 3.61. The Labute approximate surface area is 89.0 Å². The molecule has 74 valence electrons. The summed E-state index contributed by atoms with van der Waals surface area (Å²) < 4.78 is 5.47. The van der Waals surface area contributed by atoms with Gasteiger partial charge in [-0.1, -0.05) is 30.2 Å². The van der Waals surface area contributed by atoms with Gasteiger partial charge >= 0.3 is 0 Å². The van der Waals surface area contributed by atoms with Gasteiger partial charge in [0, 0.05) is 10.4 Å². The first-order valence-electron chi connectivity index (χ1n) is 5.19. The summed E-state index contributed by atoms with van der Waals surface area (Å²) in [6.07, 6.45) is 4.37. The Bertz CT molecular complexity index is 336. The first-order valence-corrected chi connectivity index (χ1v) is 5.57. The topological polar surface area (TPSA) is 12.5 Å². The molecule has 1 aromatic carbocycles. The molecule has 0 radical (unpaired) electrons. The molecule has 2 fully saturated rings. The zero-order valence-corrected chi connectivity index (χ0v) is 8.76. The van der Waals surface area contributed by atoms with Crippen LogP contribution in [0.15, 0.2) is 24.3 Å². The average molecular weight is 209 g/mol. The number of hydrogen-bond acceptors (Lipinski definition) is 1. The second-order valence-corrected chi connectivity index (χ2v) is 4.77. The number of rotatable bonds is 2. The monoisotopic (exact) mass is 208 g/mol. The van der Waals surface area contributed by atoms with Crippen molar-refractivity contribution in [1.29, 1.82) is 0 Å². The van der Waals surface area contributed by atoms with Gasteiger partial charge in [0.05, 0.1) is 12.7 Å². The van der Waals surface area contributed by atoms with Gasteiger partial charge in [-0.3, -0.25) is 0 Å². The predicted octanol–water partition coefficient (Wildman–Crippen LogP) is 3.16. The van der Waals surface area contributed by atoms with Gasteiger partial charge in [0.2, 0.25) is 0 Å². The molecule has 0 unspecified atom stereocenters. The summed E-state index contributed by atoms with van der Waals surface area (Å²) >= 11 is 5.89. The fourth-order valence-corrected chi connectivity index (χ4v) is 2.63. The lowest BCUT2D eigenvalue weighted by molar-refractivity contribution is 0.177. The third kappa shape index (κ3) is 1.19. The van der Waals surface area contributed by atoms with Crippen LogP contribution in [0.4, 0.5) is 0 Å². The van der Waals surface area contributed by atoms with E-state index in [1.807, 2.05) is 12.1 Å². The standard InChI is InChI=1S/C12H13ClO/c13-10-4-2-9(3-5-10)12(6-1-7-12)11-8-14-11/h2-5,11H,1,6-8H2/t11-/m1/s1. The van der Waals surface area contributed by atoms with Crippen LogP contribution in [0, 0.1) is 0 Å². The van der Waals surface area contributed by atoms with Crippen molar-refractivity contribution in [2.75, 3.05) is 6.61 Å². The van der Waals surface area contributed by atoms with E-state index in [9.17, 15) is 0 Å². The molecule has 3 rings (SSSR count). The predicted molar refractivity (Wildman–Crippen MR) is 56.7 cm³/mol. The third-order valence-corrected chi connectivity index (χ3v) is 3.87. The van der Waals surface area contributed by atoms with Crippen LogP contribution < -0.4 is 0 Å². The molecule has 1 aromatic rings. The van der Waals surface area contributed by atoms with Crippen LogP contribution in [0.3, 0.4) is 0 Å². The van der Waals surface area contributed by atoms with Gasteiger partial charge in [0.25, 0.3) is 0 Å². The molecule has 1 aliphatic carbocycles. The summed E-state index contributed by atoms with van der Waals surface area (Å²) in [5, 5.41) is 0.819. The number of hydrogen-bond donors (Lipinski definition) is 0. The lowest BCUT2D eigenvalue weighted by Gasteiger charge is -2.41. The largest absolute Gasteiger partial charge is 0.372 e. The van der Waals surface area contributed by atoms with Gasteiger partial charge < -0.3 is 4.74 Å². The first kappa shape index (κ1) is 8.75. The van der Waals surface area contributed by atoms with Gasteiger partial charge in [-0.25, -0.2) is 0 Å². The zero-order valence-electron chi connectivity index (χ0n) is 8.00. The normalized spacial score (nSPS) is 28.2. The maximum Gasteiger partial charge on any atom is 0.0906 e. The second kappa shape index (κ2) is 2.98. The molecule has 0 spiro atoms. The molecule has 0 aromatic heterocycles. The Morgan fingerprint density at radius 1 is 1.21 bits per heavy atom. The average Bonchev–Trinajstić information content (AvgIpc) is 2.90. The van der Waals surface area contributed by atoms with Gasteiger partial charge in [-0.2, -0.15) is 0 Å². The molecule has 1 heterocycles. The molecule has 14 heavy (non-hydrogen) atoms. The molecule has 1 saturated carbocycles. The van der Waals surface area contributed by atoms with E-state index < -0.39 is 0 Å². The highest BCUT2D eigenvalue weighted by Gasteiger charge is 2.51. The lowest BCUT2D eigenvalue weighted by atomic mass is 9.62. The summed E-state index contributed by atoms with van der Waals surface area (Å²) in [4.78, 5) is 0. The smallest absolute Gasteiger partial charge is 0.0906 e. The number of benzene rings is 1. The van der Waals surface area contributed by atoms with Gasteiger partial charge in [0.1, 0.15) is 0 Å². The fraction of sp³-hybridized carbons (Fsp3) is 0.500. The molecule has 1 nitrogen and oxygen atoms in total. The van der Waals surface area contributed by atoms with Crippen LogP contribution >= 0.6 is 11.6 Å². The van der Waals surface area contributed by atoms with E-state index in [0.717, 1.165) is 11.6 Å². The summed E-state index contributed by atoms with van der Waals surface area (Å²) in [5.41, 5.74) is 1.75. The minimum Gasteiger partial charge on any atom is -0.372 e. The van der Waals surface area contributed by atoms with E-state index in [4.69, 9.17) is 16.3 Å². The highest BCUT2D eigenvalue weighted by Crippen LogP contribution is 2.51. The van der Waals surface area contributed by atoms with E-state index in [0.29, 0.717) is 11.5 Å². The summed E-state index contributed by atoms with van der Waals surface area (Å²) in [5.74, 6) is 0. The Hall–Kier alpha value is -0.530. The Kier molecular flexibility index (Phi) is 1.86. The van der Waals surface area contributed by atoms with Crippen molar-refractivity contribution >= 4 is 11.6 Å². The molecule has 0 bridgehead atoms. The molecule has 2 heteroatoms. The van der Waals surface area contributed by atoms with Crippen LogP contribution in [-0.4, -0.2) is 12.7 Å². The van der Waals surface area contributed by atoms with Crippen molar-refractivity contribution in [3.63, 3.8) is 0 Å². The highest BCUT2D eigenvalue weighted by atomic mass is 35.5. The van der Waals surface area contributed by atoms with Crippen LogP contribution in [0.25, 0.3) is 0 Å². The summed E-state index contributed by atoms with van der Waals surface area (Å²) in [7, 11) is 0. The minimum absolute atomic E-state index is 0.338. The van der Waals surface area contributed by atoms with Crippen molar-refractivity contribution in [1.82, 2.24) is 0 Å². The summed E-state index contributed by atoms with van der Waals surface area (Å²) in [6, 6.07) is 8.28. The fourth-order valence-electron chi connectivity index (χ4n) is 2.50. The van der Waals surface area contributed by atoms with E-state index in [2.05, 4.69) is 12.1 Å². The summed E-state index contributed by atoms with van der Waals surface area (Å²) in [6.45, 7) is 0.947. The molecule has 1 aliphatic heterocycles. The van der Waals surface area contributed by atoms with Crippen LogP contribution in [0.2, 0.25) is 5.02 Å². The maximum absolute atomic E-state index is 5.89. The molecule has 0 N–H and O–H groups in total. The molecular formula is C12H13ClO. The van der Waals surface area contributed by atoms with Crippen molar-refractivity contribution in [3.8, 4) is 0 Å². The van der Waals surface area contributed by atoms with E-state index in [-0.39, 0.29) is 0 Å². The van der Waals surface area contributed by atoms with Crippen molar-refractivity contribution in [2.45, 2.75) is 30.8 Å². The second-order valence-electron chi connectivity index (χ2n) is 4.34. The Balaban J connectivity index is 1.95. The van der Waals surface area contributed by atoms with E-state index >= 15 is 0 Å². The lowest BCUT2D eigenvalue weighted by Crippen LogP contribution is -2.39. The molecule has 1 saturated heterocycles. The van der Waals surface area contributed by atoms with Crippen LogP contribution in [0.5, 0.6) is 0 Å². The first-order chi connectivity index (χ1) is 6.81. The maximum atomic E-state index is 5.89. The van der Waals surface area contributed by atoms with Gasteiger partial charge in [-0.05, 0) is 30.5 Å².